The SMILES string of the molecule is CC(C)(C)c1cc(O)ccc1C[C@H](N)C(=O)OCc1ccccc1. The van der Waals surface area contributed by atoms with Gasteiger partial charge >= 0.3 is 5.97 Å². The number of hydrogen-bond acceptors (Lipinski definition) is 4. The summed E-state index contributed by atoms with van der Waals surface area (Å²) in [6, 6.07) is 13.9. The van der Waals surface area contributed by atoms with Crippen molar-refractivity contribution in [3.05, 3.63) is 65.2 Å². The highest BCUT2D eigenvalue weighted by Gasteiger charge is 2.22. The third-order valence-electron chi connectivity index (χ3n) is 3.87. The lowest BCUT2D eigenvalue weighted by molar-refractivity contribution is -0.146. The second-order valence-electron chi connectivity index (χ2n) is 7.00. The number of benzene rings is 2. The summed E-state index contributed by atoms with van der Waals surface area (Å²) >= 11 is 0. The van der Waals surface area contributed by atoms with E-state index in [4.69, 9.17) is 10.5 Å². The van der Waals surface area contributed by atoms with E-state index in [1.807, 2.05) is 36.4 Å². The fourth-order valence-electron chi connectivity index (χ4n) is 2.60. The topological polar surface area (TPSA) is 72.5 Å². The van der Waals surface area contributed by atoms with E-state index in [-0.39, 0.29) is 17.8 Å². The van der Waals surface area contributed by atoms with Gasteiger partial charge in [0.25, 0.3) is 0 Å². The number of rotatable bonds is 5. The number of ether oxygens (including phenoxy) is 1. The monoisotopic (exact) mass is 327 g/mol. The number of carbonyl (C=O) groups is 1. The maximum Gasteiger partial charge on any atom is 0.323 e. The van der Waals surface area contributed by atoms with Crippen LogP contribution in [-0.2, 0) is 28.0 Å². The van der Waals surface area contributed by atoms with Gasteiger partial charge in [-0.25, -0.2) is 0 Å². The first kappa shape index (κ1) is 18.0. The van der Waals surface area contributed by atoms with E-state index in [1.165, 1.54) is 0 Å². The second kappa shape index (κ2) is 7.49. The third-order valence-corrected chi connectivity index (χ3v) is 3.87. The van der Waals surface area contributed by atoms with Crippen LogP contribution in [0.1, 0.15) is 37.5 Å². The molecule has 0 aliphatic carbocycles. The molecule has 4 heteroatoms. The van der Waals surface area contributed by atoms with Gasteiger partial charge in [0.1, 0.15) is 18.4 Å². The molecule has 0 radical (unpaired) electrons. The van der Waals surface area contributed by atoms with Crippen LogP contribution in [0.4, 0.5) is 0 Å². The number of nitrogens with two attached hydrogens (primary N) is 1. The lowest BCUT2D eigenvalue weighted by Gasteiger charge is -2.24. The molecule has 128 valence electrons. The number of carbonyl (C=O) groups excluding carboxylic acids is 1. The summed E-state index contributed by atoms with van der Waals surface area (Å²) in [5, 5.41) is 9.73. The molecule has 0 spiro atoms. The minimum atomic E-state index is -0.737. The molecule has 4 nitrogen and oxygen atoms in total. The highest BCUT2D eigenvalue weighted by Crippen LogP contribution is 2.29. The lowest BCUT2D eigenvalue weighted by Crippen LogP contribution is -2.35. The summed E-state index contributed by atoms with van der Waals surface area (Å²) in [7, 11) is 0. The number of aromatic hydroxyl groups is 1. The van der Waals surface area contributed by atoms with Crippen molar-refractivity contribution in [3.63, 3.8) is 0 Å². The van der Waals surface area contributed by atoms with E-state index in [0.29, 0.717) is 6.42 Å². The van der Waals surface area contributed by atoms with E-state index < -0.39 is 12.0 Å². The smallest absolute Gasteiger partial charge is 0.323 e. The van der Waals surface area contributed by atoms with Gasteiger partial charge in [-0.15, -0.1) is 0 Å². The first-order valence-corrected chi connectivity index (χ1v) is 8.06. The van der Waals surface area contributed by atoms with Gasteiger partial charge < -0.3 is 15.6 Å². The predicted molar refractivity (Wildman–Crippen MR) is 94.7 cm³/mol. The quantitative estimate of drug-likeness (QED) is 0.827. The van der Waals surface area contributed by atoms with Crippen LogP contribution in [-0.4, -0.2) is 17.1 Å². The van der Waals surface area contributed by atoms with Gasteiger partial charge in [-0.2, -0.15) is 0 Å². The molecule has 0 aromatic heterocycles. The summed E-state index contributed by atoms with van der Waals surface area (Å²) in [5.41, 5.74) is 8.73. The number of phenolic OH excluding ortho intramolecular Hbond substituents is 1. The molecule has 0 bridgehead atoms. The number of phenols is 1. The van der Waals surface area contributed by atoms with Crippen molar-refractivity contribution in [2.24, 2.45) is 5.73 Å². The van der Waals surface area contributed by atoms with Crippen LogP contribution >= 0.6 is 0 Å². The molecule has 2 aromatic carbocycles. The molecule has 0 saturated heterocycles. The number of hydrogen-bond donors (Lipinski definition) is 2. The van der Waals surface area contributed by atoms with E-state index in [0.717, 1.165) is 16.7 Å². The van der Waals surface area contributed by atoms with Crippen molar-refractivity contribution in [1.29, 1.82) is 0 Å². The maximum atomic E-state index is 12.2. The average molecular weight is 327 g/mol. The van der Waals surface area contributed by atoms with Gasteiger partial charge in [-0.05, 0) is 40.7 Å². The molecule has 3 N–H and O–H groups in total. The van der Waals surface area contributed by atoms with Gasteiger partial charge in [0.15, 0.2) is 0 Å². The number of esters is 1. The Labute approximate surface area is 143 Å². The van der Waals surface area contributed by atoms with Gasteiger partial charge in [0.2, 0.25) is 0 Å². The standard InChI is InChI=1S/C20H25NO3/c1-20(2,3)17-12-16(22)10-9-15(17)11-18(21)19(23)24-13-14-7-5-4-6-8-14/h4-10,12,18,22H,11,13,21H2,1-3H3/t18-/m0/s1. The summed E-state index contributed by atoms with van der Waals surface area (Å²) in [5.74, 6) is -0.212. The first-order valence-electron chi connectivity index (χ1n) is 8.06. The van der Waals surface area contributed by atoms with Crippen LogP contribution in [0.3, 0.4) is 0 Å². The fraction of sp³-hybridized carbons (Fsp3) is 0.350. The summed E-state index contributed by atoms with van der Waals surface area (Å²) < 4.78 is 5.30. The normalized spacial score (nSPS) is 12.7. The highest BCUT2D eigenvalue weighted by atomic mass is 16.5. The van der Waals surface area contributed by atoms with E-state index in [2.05, 4.69) is 20.8 Å². The van der Waals surface area contributed by atoms with Crippen molar-refractivity contribution < 1.29 is 14.6 Å². The Kier molecular flexibility index (Phi) is 5.62. The Morgan fingerprint density at radius 2 is 1.83 bits per heavy atom. The minimum absolute atomic E-state index is 0.151. The molecule has 24 heavy (non-hydrogen) atoms. The summed E-state index contributed by atoms with van der Waals surface area (Å²) in [6.45, 7) is 6.40. The molecule has 0 saturated carbocycles. The average Bonchev–Trinajstić information content (AvgIpc) is 2.54. The second-order valence-corrected chi connectivity index (χ2v) is 7.00. The van der Waals surface area contributed by atoms with Crippen molar-refractivity contribution in [2.45, 2.75) is 45.3 Å². The Hall–Kier alpha value is -2.33. The maximum absolute atomic E-state index is 12.2. The molecule has 0 aliphatic rings. The summed E-state index contributed by atoms with van der Waals surface area (Å²) in [4.78, 5) is 12.2. The molecule has 2 aromatic rings. The Morgan fingerprint density at radius 3 is 2.46 bits per heavy atom. The highest BCUT2D eigenvalue weighted by molar-refractivity contribution is 5.76. The van der Waals surface area contributed by atoms with Crippen molar-refractivity contribution >= 4 is 5.97 Å². The molecule has 0 aliphatic heterocycles. The Morgan fingerprint density at radius 1 is 1.17 bits per heavy atom. The van der Waals surface area contributed by atoms with Gasteiger partial charge in [-0.1, -0.05) is 57.2 Å². The summed E-state index contributed by atoms with van der Waals surface area (Å²) in [6.07, 6.45) is 0.376. The van der Waals surface area contributed by atoms with Crippen molar-refractivity contribution in [2.75, 3.05) is 0 Å². The van der Waals surface area contributed by atoms with Gasteiger partial charge in [0, 0.05) is 0 Å². The van der Waals surface area contributed by atoms with Crippen LogP contribution in [0.15, 0.2) is 48.5 Å². The Bertz CT molecular complexity index is 690. The van der Waals surface area contributed by atoms with Crippen LogP contribution in [0.5, 0.6) is 5.75 Å². The van der Waals surface area contributed by atoms with E-state index >= 15 is 0 Å². The first-order chi connectivity index (χ1) is 11.3. The van der Waals surface area contributed by atoms with Crippen LogP contribution < -0.4 is 5.73 Å². The zero-order chi connectivity index (χ0) is 17.7. The molecule has 0 unspecified atom stereocenters. The zero-order valence-electron chi connectivity index (χ0n) is 14.5. The molecular weight excluding hydrogens is 302 g/mol. The largest absolute Gasteiger partial charge is 0.508 e. The van der Waals surface area contributed by atoms with E-state index in [9.17, 15) is 9.90 Å². The van der Waals surface area contributed by atoms with Crippen LogP contribution in [0.2, 0.25) is 0 Å². The van der Waals surface area contributed by atoms with Crippen LogP contribution in [0, 0.1) is 0 Å². The molecule has 0 amide bonds. The van der Waals surface area contributed by atoms with E-state index in [1.54, 1.807) is 12.1 Å². The molecular formula is C20H25NO3. The Balaban J connectivity index is 2.04. The fourth-order valence-corrected chi connectivity index (χ4v) is 2.60. The van der Waals surface area contributed by atoms with Crippen LogP contribution in [0.25, 0.3) is 0 Å². The molecule has 2 rings (SSSR count). The minimum Gasteiger partial charge on any atom is -0.508 e. The van der Waals surface area contributed by atoms with Gasteiger partial charge in [0.05, 0.1) is 0 Å². The molecule has 1 atom stereocenters. The molecule has 0 fully saturated rings. The molecule has 0 heterocycles. The van der Waals surface area contributed by atoms with Gasteiger partial charge in [-0.3, -0.25) is 4.79 Å². The van der Waals surface area contributed by atoms with Crippen molar-refractivity contribution in [1.82, 2.24) is 0 Å². The zero-order valence-corrected chi connectivity index (χ0v) is 14.5. The van der Waals surface area contributed by atoms with Crippen molar-refractivity contribution in [3.8, 4) is 5.75 Å². The lowest BCUT2D eigenvalue weighted by atomic mass is 9.82. The predicted octanol–water partition coefficient (Wildman–Crippen LogP) is 3.30. The third kappa shape index (κ3) is 4.83.